The van der Waals surface area contributed by atoms with Crippen molar-refractivity contribution in [1.29, 1.82) is 0 Å². The minimum absolute atomic E-state index is 0.103. The molecular formula is C8H7F3N2OS. The van der Waals surface area contributed by atoms with Crippen LogP contribution in [0.4, 0.5) is 13.2 Å². The van der Waals surface area contributed by atoms with Crippen LogP contribution in [0.5, 0.6) is 0 Å². The lowest BCUT2D eigenvalue weighted by molar-refractivity contribution is -0.306. The Kier molecular flexibility index (Phi) is 2.41. The van der Waals surface area contributed by atoms with Crippen molar-refractivity contribution in [2.75, 3.05) is 0 Å². The van der Waals surface area contributed by atoms with Gasteiger partial charge >= 0.3 is 6.36 Å². The van der Waals surface area contributed by atoms with Crippen molar-refractivity contribution in [1.82, 2.24) is 0 Å². The lowest BCUT2D eigenvalue weighted by Crippen LogP contribution is -2.17. The zero-order valence-electron chi connectivity index (χ0n) is 7.41. The van der Waals surface area contributed by atoms with Crippen molar-refractivity contribution in [3.05, 3.63) is 23.6 Å². The third kappa shape index (κ3) is 2.47. The zero-order valence-corrected chi connectivity index (χ0v) is 8.23. The number of allylic oxidation sites excluding steroid dienone is 3. The molecule has 0 saturated carbocycles. The molecule has 0 aromatic rings. The normalized spacial score (nSPS) is 25.3. The number of aliphatic imine (C=N–C) groups is 1. The van der Waals surface area contributed by atoms with Gasteiger partial charge in [-0.3, -0.25) is 0 Å². The van der Waals surface area contributed by atoms with Crippen molar-refractivity contribution in [3.8, 4) is 0 Å². The van der Waals surface area contributed by atoms with Gasteiger partial charge in [0, 0.05) is 6.42 Å². The standard InChI is InChI=1S/C8H7F3N2OS/c9-8(10,11)14-4-1-2-5-6(3-4)15-7(12)13-5/h1-2,6H,3H2,(H2,12,13). The smallest absolute Gasteiger partial charge is 0.410 e. The van der Waals surface area contributed by atoms with Crippen LogP contribution in [0, 0.1) is 0 Å². The summed E-state index contributed by atoms with van der Waals surface area (Å²) in [6.07, 6.45) is -1.68. The molecule has 1 heterocycles. The fraction of sp³-hybridized carbons (Fsp3) is 0.375. The first-order valence-electron chi connectivity index (χ1n) is 4.11. The average molecular weight is 236 g/mol. The first-order valence-corrected chi connectivity index (χ1v) is 4.99. The van der Waals surface area contributed by atoms with Crippen molar-refractivity contribution in [2.24, 2.45) is 10.7 Å². The number of rotatable bonds is 1. The van der Waals surface area contributed by atoms with Gasteiger partial charge in [0.1, 0.15) is 5.76 Å². The van der Waals surface area contributed by atoms with Crippen molar-refractivity contribution in [3.63, 3.8) is 0 Å². The minimum atomic E-state index is -4.63. The van der Waals surface area contributed by atoms with Crippen molar-refractivity contribution in [2.45, 2.75) is 18.0 Å². The molecular weight excluding hydrogens is 229 g/mol. The lowest BCUT2D eigenvalue weighted by atomic mass is 10.1. The number of ether oxygens (including phenoxy) is 1. The van der Waals surface area contributed by atoms with Crippen LogP contribution in [-0.2, 0) is 4.74 Å². The van der Waals surface area contributed by atoms with Crippen LogP contribution in [-0.4, -0.2) is 16.8 Å². The van der Waals surface area contributed by atoms with Gasteiger partial charge in [-0.2, -0.15) is 0 Å². The minimum Gasteiger partial charge on any atom is -0.410 e. The topological polar surface area (TPSA) is 47.6 Å². The maximum Gasteiger partial charge on any atom is 0.572 e. The summed E-state index contributed by atoms with van der Waals surface area (Å²) in [7, 11) is 0. The largest absolute Gasteiger partial charge is 0.572 e. The zero-order chi connectivity index (χ0) is 11.1. The van der Waals surface area contributed by atoms with Crippen LogP contribution >= 0.6 is 11.8 Å². The maximum atomic E-state index is 11.9. The number of hydrogen-bond donors (Lipinski definition) is 1. The van der Waals surface area contributed by atoms with Gasteiger partial charge in [0.15, 0.2) is 5.17 Å². The number of thioether (sulfide) groups is 1. The van der Waals surface area contributed by atoms with Crippen LogP contribution in [0.1, 0.15) is 6.42 Å². The van der Waals surface area contributed by atoms with Crippen LogP contribution in [0.15, 0.2) is 28.6 Å². The number of halogens is 3. The van der Waals surface area contributed by atoms with E-state index >= 15 is 0 Å². The molecule has 0 amide bonds. The summed E-state index contributed by atoms with van der Waals surface area (Å²) < 4.78 is 39.6. The van der Waals surface area contributed by atoms with Gasteiger partial charge in [-0.25, -0.2) is 4.99 Å². The van der Waals surface area contributed by atoms with Crippen molar-refractivity contribution < 1.29 is 17.9 Å². The van der Waals surface area contributed by atoms with E-state index < -0.39 is 6.36 Å². The predicted molar refractivity (Wildman–Crippen MR) is 50.9 cm³/mol. The molecule has 0 aromatic heterocycles. The van der Waals surface area contributed by atoms with Gasteiger partial charge in [0.05, 0.1) is 10.9 Å². The van der Waals surface area contributed by atoms with E-state index in [2.05, 4.69) is 9.73 Å². The Morgan fingerprint density at radius 2 is 2.20 bits per heavy atom. The highest BCUT2D eigenvalue weighted by molar-refractivity contribution is 8.14. The van der Waals surface area contributed by atoms with E-state index in [4.69, 9.17) is 5.73 Å². The monoisotopic (exact) mass is 236 g/mol. The number of hydrogen-bond acceptors (Lipinski definition) is 4. The Morgan fingerprint density at radius 1 is 1.47 bits per heavy atom. The molecule has 0 fully saturated rings. The molecule has 1 atom stereocenters. The molecule has 7 heteroatoms. The molecule has 15 heavy (non-hydrogen) atoms. The van der Waals surface area contributed by atoms with Gasteiger partial charge in [-0.05, 0) is 12.2 Å². The first-order chi connectivity index (χ1) is 6.94. The van der Waals surface area contributed by atoms with Gasteiger partial charge in [-0.1, -0.05) is 11.8 Å². The number of amidine groups is 1. The molecule has 2 aliphatic rings. The molecule has 0 bridgehead atoms. The molecule has 3 nitrogen and oxygen atoms in total. The highest BCUT2D eigenvalue weighted by Crippen LogP contribution is 2.37. The third-order valence-corrected chi connectivity index (χ3v) is 2.93. The summed E-state index contributed by atoms with van der Waals surface area (Å²) in [5.74, 6) is -0.103. The van der Waals surface area contributed by atoms with Crippen molar-refractivity contribution >= 4 is 16.9 Å². The van der Waals surface area contributed by atoms with E-state index in [0.29, 0.717) is 10.9 Å². The molecule has 1 aliphatic carbocycles. The van der Waals surface area contributed by atoms with E-state index in [9.17, 15) is 13.2 Å². The predicted octanol–water partition coefficient (Wildman–Crippen LogP) is 2.12. The molecule has 0 saturated heterocycles. The van der Waals surface area contributed by atoms with Crippen LogP contribution < -0.4 is 5.73 Å². The first kappa shape index (κ1) is 10.4. The number of fused-ring (bicyclic) bond motifs is 1. The van der Waals surface area contributed by atoms with Gasteiger partial charge < -0.3 is 10.5 Å². The fourth-order valence-electron chi connectivity index (χ4n) is 1.38. The van der Waals surface area contributed by atoms with E-state index in [1.54, 1.807) is 0 Å². The lowest BCUT2D eigenvalue weighted by Gasteiger charge is -2.18. The SMILES string of the molecule is NC1=NC2=CC=C(OC(F)(F)F)CC2S1. The summed E-state index contributed by atoms with van der Waals surface area (Å²) in [6.45, 7) is 0. The third-order valence-electron chi connectivity index (χ3n) is 1.91. The second-order valence-electron chi connectivity index (χ2n) is 3.03. The Morgan fingerprint density at radius 3 is 2.87 bits per heavy atom. The summed E-state index contributed by atoms with van der Waals surface area (Å²) >= 11 is 1.25. The second kappa shape index (κ2) is 3.48. The molecule has 0 spiro atoms. The highest BCUT2D eigenvalue weighted by atomic mass is 32.2. The number of nitrogens with two attached hydrogens (primary N) is 1. The van der Waals surface area contributed by atoms with E-state index in [1.165, 1.54) is 23.9 Å². The van der Waals surface area contributed by atoms with Crippen LogP contribution in [0.2, 0.25) is 0 Å². The quantitative estimate of drug-likeness (QED) is 0.758. The second-order valence-corrected chi connectivity index (χ2v) is 4.26. The number of alkyl halides is 3. The van der Waals surface area contributed by atoms with Crippen LogP contribution in [0.3, 0.4) is 0 Å². The van der Waals surface area contributed by atoms with E-state index in [1.807, 2.05) is 0 Å². The Balaban J connectivity index is 2.09. The molecule has 82 valence electrons. The Hall–Kier alpha value is -1.11. The summed E-state index contributed by atoms with van der Waals surface area (Å²) in [5, 5.41) is 0.236. The molecule has 1 unspecified atom stereocenters. The number of nitrogens with zero attached hydrogens (tertiary/aromatic N) is 1. The molecule has 0 aromatic carbocycles. The fourth-order valence-corrected chi connectivity index (χ4v) is 2.33. The van der Waals surface area contributed by atoms with Gasteiger partial charge in [0.2, 0.25) is 0 Å². The highest BCUT2D eigenvalue weighted by Gasteiger charge is 2.35. The van der Waals surface area contributed by atoms with E-state index in [0.717, 1.165) is 0 Å². The van der Waals surface area contributed by atoms with E-state index in [-0.39, 0.29) is 17.4 Å². The summed E-state index contributed by atoms with van der Waals surface area (Å²) in [5.41, 5.74) is 6.15. The average Bonchev–Trinajstić information content (AvgIpc) is 2.40. The van der Waals surface area contributed by atoms with Gasteiger partial charge in [0.25, 0.3) is 0 Å². The molecule has 2 rings (SSSR count). The molecule has 0 radical (unpaired) electrons. The summed E-state index contributed by atoms with van der Waals surface area (Å²) in [6, 6.07) is 0. The molecule has 2 N–H and O–H groups in total. The van der Waals surface area contributed by atoms with Crippen LogP contribution in [0.25, 0.3) is 0 Å². The van der Waals surface area contributed by atoms with Gasteiger partial charge in [-0.15, -0.1) is 13.2 Å². The summed E-state index contributed by atoms with van der Waals surface area (Å²) in [4.78, 5) is 3.98. The molecule has 1 aliphatic heterocycles. The maximum absolute atomic E-state index is 11.9. The Bertz CT molecular complexity index is 373. The Labute approximate surface area is 87.9 Å².